The van der Waals surface area contributed by atoms with Crippen molar-refractivity contribution in [3.8, 4) is 0 Å². The number of nitrogens with zero attached hydrogens (tertiary/aromatic N) is 3. The van der Waals surface area contributed by atoms with Crippen LogP contribution in [0.25, 0.3) is 0 Å². The summed E-state index contributed by atoms with van der Waals surface area (Å²) in [5, 5.41) is 11.3. The summed E-state index contributed by atoms with van der Waals surface area (Å²) >= 11 is 7.93. The average molecular weight is 455 g/mol. The van der Waals surface area contributed by atoms with Crippen LogP contribution < -0.4 is 5.32 Å². The second kappa shape index (κ2) is 7.80. The third-order valence-corrected chi connectivity index (χ3v) is 4.01. The van der Waals surface area contributed by atoms with Gasteiger partial charge in [-0.25, -0.2) is 4.79 Å². The predicted octanol–water partition coefficient (Wildman–Crippen LogP) is 2.78. The highest BCUT2D eigenvalue weighted by Crippen LogP contribution is 2.19. The van der Waals surface area contributed by atoms with Crippen LogP contribution in [-0.4, -0.2) is 59.1 Å². The molecule has 23 heavy (non-hydrogen) atoms. The smallest absolute Gasteiger partial charge is 0.410 e. The van der Waals surface area contributed by atoms with E-state index in [0.29, 0.717) is 31.4 Å². The third-order valence-electron chi connectivity index (χ3n) is 3.03. The normalized spacial score (nSPS) is 18.7. The molecule has 0 bridgehead atoms. The van der Waals surface area contributed by atoms with Crippen LogP contribution in [0.15, 0.2) is 6.07 Å². The molecule has 0 spiro atoms. The molecule has 2 heterocycles. The van der Waals surface area contributed by atoms with Crippen LogP contribution in [0.2, 0.25) is 5.15 Å². The van der Waals surface area contributed by atoms with E-state index in [0.717, 1.165) is 9.39 Å². The molecule has 1 aliphatic rings. The summed E-state index contributed by atoms with van der Waals surface area (Å²) in [5.41, 5.74) is 0.294. The number of amides is 1. The van der Waals surface area contributed by atoms with Gasteiger partial charge in [0.2, 0.25) is 0 Å². The maximum Gasteiger partial charge on any atom is 0.410 e. The second-order valence-electron chi connectivity index (χ2n) is 6.17. The Balaban J connectivity index is 1.89. The van der Waals surface area contributed by atoms with E-state index >= 15 is 0 Å². The number of rotatable bonds is 3. The maximum absolute atomic E-state index is 12.1. The Morgan fingerprint density at radius 3 is 3.00 bits per heavy atom. The molecular formula is C14H20ClIN4O3. The fourth-order valence-electron chi connectivity index (χ4n) is 2.04. The van der Waals surface area contributed by atoms with Gasteiger partial charge in [-0.15, -0.1) is 10.2 Å². The minimum absolute atomic E-state index is 0.126. The quantitative estimate of drug-likeness (QED) is 0.708. The van der Waals surface area contributed by atoms with Crippen LogP contribution >= 0.6 is 34.2 Å². The van der Waals surface area contributed by atoms with Gasteiger partial charge in [0.15, 0.2) is 5.15 Å². The summed E-state index contributed by atoms with van der Waals surface area (Å²) < 4.78 is 11.8. The van der Waals surface area contributed by atoms with E-state index in [1.165, 1.54) is 0 Å². The molecule has 9 heteroatoms. The van der Waals surface area contributed by atoms with Gasteiger partial charge in [-0.3, -0.25) is 0 Å². The van der Waals surface area contributed by atoms with Crippen LogP contribution in [0.1, 0.15) is 20.8 Å². The minimum atomic E-state index is -0.501. The lowest BCUT2D eigenvalue weighted by molar-refractivity contribution is -0.0371. The van der Waals surface area contributed by atoms with Crippen molar-refractivity contribution in [3.05, 3.63) is 14.9 Å². The first kappa shape index (κ1) is 18.5. The molecule has 2 rings (SSSR count). The third kappa shape index (κ3) is 5.92. The minimum Gasteiger partial charge on any atom is -0.444 e. The molecule has 1 N–H and O–H groups in total. The highest BCUT2D eigenvalue weighted by atomic mass is 127. The van der Waals surface area contributed by atoms with Gasteiger partial charge in [0, 0.05) is 19.2 Å². The monoisotopic (exact) mass is 454 g/mol. The molecule has 0 radical (unpaired) electrons. The molecule has 1 aromatic heterocycles. The second-order valence-corrected chi connectivity index (χ2v) is 7.58. The fourth-order valence-corrected chi connectivity index (χ4v) is 2.64. The first-order chi connectivity index (χ1) is 10.7. The van der Waals surface area contributed by atoms with Gasteiger partial charge in [-0.05, 0) is 43.4 Å². The van der Waals surface area contributed by atoms with Gasteiger partial charge < -0.3 is 19.7 Å². The lowest BCUT2D eigenvalue weighted by Crippen LogP contribution is -2.49. The van der Waals surface area contributed by atoms with Crippen molar-refractivity contribution >= 4 is 46.0 Å². The molecule has 0 aromatic carbocycles. The van der Waals surface area contributed by atoms with Gasteiger partial charge in [0.05, 0.1) is 24.9 Å². The molecule has 1 fully saturated rings. The van der Waals surface area contributed by atoms with Crippen LogP contribution in [-0.2, 0) is 9.47 Å². The summed E-state index contributed by atoms with van der Waals surface area (Å²) in [7, 11) is 0. The Labute approximate surface area is 154 Å². The molecule has 1 aromatic rings. The Morgan fingerprint density at radius 1 is 1.57 bits per heavy atom. The van der Waals surface area contributed by atoms with Gasteiger partial charge in [0.1, 0.15) is 9.30 Å². The number of ether oxygens (including phenoxy) is 2. The van der Waals surface area contributed by atoms with Gasteiger partial charge in [-0.2, -0.15) is 0 Å². The van der Waals surface area contributed by atoms with Gasteiger partial charge in [0.25, 0.3) is 0 Å². The molecule has 128 valence electrons. The maximum atomic E-state index is 12.1. The molecule has 1 amide bonds. The zero-order valence-electron chi connectivity index (χ0n) is 13.3. The SMILES string of the molecule is CC(C)(C)OC(=O)N1CCOC(CNc2cc(Cl)nnc2I)C1. The van der Waals surface area contributed by atoms with Crippen molar-refractivity contribution in [2.24, 2.45) is 0 Å². The van der Waals surface area contributed by atoms with E-state index in [1.54, 1.807) is 11.0 Å². The summed E-state index contributed by atoms with van der Waals surface area (Å²) in [6.07, 6.45) is -0.437. The zero-order chi connectivity index (χ0) is 17.0. The Kier molecular flexibility index (Phi) is 6.26. The van der Waals surface area contributed by atoms with Crippen molar-refractivity contribution in [1.82, 2.24) is 15.1 Å². The number of carbonyl (C=O) groups is 1. The van der Waals surface area contributed by atoms with E-state index in [9.17, 15) is 4.79 Å². The number of hydrogen-bond acceptors (Lipinski definition) is 6. The topological polar surface area (TPSA) is 76.6 Å². The van der Waals surface area contributed by atoms with Crippen LogP contribution in [0.3, 0.4) is 0 Å². The van der Waals surface area contributed by atoms with E-state index in [1.807, 2.05) is 20.8 Å². The summed E-state index contributed by atoms with van der Waals surface area (Å²) in [6, 6.07) is 1.71. The van der Waals surface area contributed by atoms with Crippen molar-refractivity contribution in [3.63, 3.8) is 0 Å². The molecule has 0 saturated carbocycles. The highest BCUT2D eigenvalue weighted by molar-refractivity contribution is 14.1. The van der Waals surface area contributed by atoms with E-state index < -0.39 is 5.60 Å². The zero-order valence-corrected chi connectivity index (χ0v) is 16.2. The average Bonchev–Trinajstić information content (AvgIpc) is 2.47. The summed E-state index contributed by atoms with van der Waals surface area (Å²) in [5.74, 6) is 0. The number of halogens is 2. The van der Waals surface area contributed by atoms with Gasteiger partial charge >= 0.3 is 6.09 Å². The van der Waals surface area contributed by atoms with Crippen molar-refractivity contribution in [1.29, 1.82) is 0 Å². The van der Waals surface area contributed by atoms with Crippen molar-refractivity contribution in [2.75, 3.05) is 31.6 Å². The Bertz CT molecular complexity index is 567. The molecular weight excluding hydrogens is 435 g/mol. The number of morpholine rings is 1. The summed E-state index contributed by atoms with van der Waals surface area (Å²) in [6.45, 7) is 7.59. The van der Waals surface area contributed by atoms with Crippen LogP contribution in [0, 0.1) is 3.70 Å². The molecule has 7 nitrogen and oxygen atoms in total. The standard InChI is InChI=1S/C14H20ClIN4O3/c1-14(2,3)23-13(21)20-4-5-22-9(8-20)7-17-10-6-11(15)18-19-12(10)16/h6,9H,4-5,7-8H2,1-3H3,(H,17,18). The molecule has 1 saturated heterocycles. The Hall–Kier alpha value is -0.870. The van der Waals surface area contributed by atoms with E-state index in [2.05, 4.69) is 38.1 Å². The molecule has 1 atom stereocenters. The van der Waals surface area contributed by atoms with E-state index in [-0.39, 0.29) is 12.2 Å². The fraction of sp³-hybridized carbons (Fsp3) is 0.643. The molecule has 0 aliphatic carbocycles. The van der Waals surface area contributed by atoms with E-state index in [4.69, 9.17) is 21.1 Å². The largest absolute Gasteiger partial charge is 0.444 e. The molecule has 1 unspecified atom stereocenters. The summed E-state index contributed by atoms with van der Waals surface area (Å²) in [4.78, 5) is 13.8. The number of anilines is 1. The number of aromatic nitrogens is 2. The van der Waals surface area contributed by atoms with Crippen LogP contribution in [0.5, 0.6) is 0 Å². The number of carbonyl (C=O) groups excluding carboxylic acids is 1. The lowest BCUT2D eigenvalue weighted by Gasteiger charge is -2.34. The number of hydrogen-bond donors (Lipinski definition) is 1. The highest BCUT2D eigenvalue weighted by Gasteiger charge is 2.28. The first-order valence-electron chi connectivity index (χ1n) is 7.27. The van der Waals surface area contributed by atoms with Crippen LogP contribution in [0.4, 0.5) is 10.5 Å². The lowest BCUT2D eigenvalue weighted by atomic mass is 10.2. The van der Waals surface area contributed by atoms with Gasteiger partial charge in [-0.1, -0.05) is 11.6 Å². The van der Waals surface area contributed by atoms with Crippen molar-refractivity contribution < 1.29 is 14.3 Å². The molecule has 1 aliphatic heterocycles. The first-order valence-corrected chi connectivity index (χ1v) is 8.72. The predicted molar refractivity (Wildman–Crippen MR) is 95.8 cm³/mol. The Morgan fingerprint density at radius 2 is 2.30 bits per heavy atom. The van der Waals surface area contributed by atoms with Crippen molar-refractivity contribution in [2.45, 2.75) is 32.5 Å². The number of nitrogens with one attached hydrogen (secondary N) is 1.